The summed E-state index contributed by atoms with van der Waals surface area (Å²) in [6, 6.07) is 1.37. The lowest BCUT2D eigenvalue weighted by atomic mass is 10.1. The van der Waals surface area contributed by atoms with Crippen molar-refractivity contribution in [3.63, 3.8) is 0 Å². The van der Waals surface area contributed by atoms with Gasteiger partial charge in [0.15, 0.2) is 0 Å². The van der Waals surface area contributed by atoms with E-state index in [9.17, 15) is 13.2 Å². The number of hydrogen-bond donors (Lipinski definition) is 1. The van der Waals surface area contributed by atoms with Gasteiger partial charge in [0.2, 0.25) is 0 Å². The summed E-state index contributed by atoms with van der Waals surface area (Å²) in [5, 5.41) is 5.04. The van der Waals surface area contributed by atoms with E-state index in [2.05, 4.69) is 5.32 Å². The van der Waals surface area contributed by atoms with Crippen LogP contribution in [-0.2, 0) is 0 Å². The van der Waals surface area contributed by atoms with Gasteiger partial charge in [0.05, 0.1) is 12.5 Å². The molecule has 0 unspecified atom stereocenters. The van der Waals surface area contributed by atoms with E-state index in [1.807, 2.05) is 23.3 Å². The monoisotopic (exact) mass is 278 g/mol. The Bertz CT molecular complexity index is 383. The Morgan fingerprint density at radius 1 is 1.39 bits per heavy atom. The van der Waals surface area contributed by atoms with Crippen LogP contribution in [-0.4, -0.2) is 37.3 Å². The lowest BCUT2D eigenvalue weighted by molar-refractivity contribution is -0.148. The van der Waals surface area contributed by atoms with Crippen LogP contribution in [0.3, 0.4) is 0 Å². The summed E-state index contributed by atoms with van der Waals surface area (Å²) < 4.78 is 38.2. The summed E-state index contributed by atoms with van der Waals surface area (Å²) in [5.74, 6) is 0. The zero-order valence-corrected chi connectivity index (χ0v) is 11.1. The van der Waals surface area contributed by atoms with Crippen molar-refractivity contribution in [3.8, 4) is 0 Å². The third-order valence-corrected chi connectivity index (χ3v) is 4.34. The molecule has 1 aromatic rings. The fourth-order valence-corrected chi connectivity index (χ4v) is 3.39. The van der Waals surface area contributed by atoms with Crippen LogP contribution >= 0.6 is 11.3 Å². The fourth-order valence-electron chi connectivity index (χ4n) is 2.33. The number of thiophene rings is 1. The van der Waals surface area contributed by atoms with Crippen molar-refractivity contribution < 1.29 is 13.2 Å². The summed E-state index contributed by atoms with van der Waals surface area (Å²) in [4.78, 5) is 2.80. The van der Waals surface area contributed by atoms with Gasteiger partial charge in [-0.3, -0.25) is 4.90 Å². The Labute approximate surface area is 109 Å². The highest BCUT2D eigenvalue weighted by Crippen LogP contribution is 2.37. The van der Waals surface area contributed by atoms with Gasteiger partial charge in [0.25, 0.3) is 0 Å². The number of aryl methyl sites for hydroxylation is 1. The maximum atomic E-state index is 12.7. The van der Waals surface area contributed by atoms with E-state index >= 15 is 0 Å². The third-order valence-electron chi connectivity index (χ3n) is 3.22. The number of nitrogens with one attached hydrogen (secondary N) is 1. The Hall–Kier alpha value is -0.590. The van der Waals surface area contributed by atoms with E-state index in [0.29, 0.717) is 13.1 Å². The second kappa shape index (κ2) is 5.59. The highest BCUT2D eigenvalue weighted by Gasteiger charge is 2.36. The molecule has 1 aliphatic rings. The quantitative estimate of drug-likeness (QED) is 0.914. The summed E-state index contributed by atoms with van der Waals surface area (Å²) in [6.45, 7) is 4.77. The van der Waals surface area contributed by atoms with Gasteiger partial charge in [-0.2, -0.15) is 13.2 Å². The van der Waals surface area contributed by atoms with Crippen LogP contribution in [0.25, 0.3) is 0 Å². The SMILES string of the molecule is Cc1ccsc1[C@H](CC(F)(F)F)N1CCNCC1. The van der Waals surface area contributed by atoms with Crippen molar-refractivity contribution in [2.45, 2.75) is 25.6 Å². The molecule has 0 amide bonds. The molecule has 102 valence electrons. The van der Waals surface area contributed by atoms with Crippen molar-refractivity contribution >= 4 is 11.3 Å². The Morgan fingerprint density at radius 2 is 2.06 bits per heavy atom. The normalized spacial score (nSPS) is 20.0. The number of nitrogens with zero attached hydrogens (tertiary/aromatic N) is 1. The second-order valence-corrected chi connectivity index (χ2v) is 5.54. The molecule has 0 saturated carbocycles. The van der Waals surface area contributed by atoms with Crippen LogP contribution in [0.5, 0.6) is 0 Å². The van der Waals surface area contributed by atoms with Crippen LogP contribution in [0.2, 0.25) is 0 Å². The third kappa shape index (κ3) is 3.46. The van der Waals surface area contributed by atoms with E-state index in [-0.39, 0.29) is 0 Å². The van der Waals surface area contributed by atoms with Gasteiger partial charge in [-0.05, 0) is 23.9 Å². The van der Waals surface area contributed by atoms with Gasteiger partial charge in [-0.25, -0.2) is 0 Å². The topological polar surface area (TPSA) is 15.3 Å². The van der Waals surface area contributed by atoms with Crippen LogP contribution in [0, 0.1) is 6.92 Å². The van der Waals surface area contributed by atoms with Crippen molar-refractivity contribution in [1.82, 2.24) is 10.2 Å². The fraction of sp³-hybridized carbons (Fsp3) is 0.667. The van der Waals surface area contributed by atoms with Gasteiger partial charge in [0.1, 0.15) is 0 Å². The molecule has 0 aliphatic carbocycles. The Balaban J connectivity index is 2.19. The predicted octanol–water partition coefficient (Wildman–Crippen LogP) is 2.96. The predicted molar refractivity (Wildman–Crippen MR) is 66.9 cm³/mol. The molecule has 0 bridgehead atoms. The molecular weight excluding hydrogens is 261 g/mol. The molecule has 0 spiro atoms. The largest absolute Gasteiger partial charge is 0.390 e. The van der Waals surface area contributed by atoms with Gasteiger partial charge in [-0.15, -0.1) is 11.3 Å². The number of alkyl halides is 3. The molecule has 1 fully saturated rings. The zero-order valence-electron chi connectivity index (χ0n) is 10.3. The number of rotatable bonds is 3. The van der Waals surface area contributed by atoms with Crippen LogP contribution < -0.4 is 5.32 Å². The van der Waals surface area contributed by atoms with Crippen molar-refractivity contribution in [2.75, 3.05) is 26.2 Å². The average molecular weight is 278 g/mol. The van der Waals surface area contributed by atoms with E-state index in [1.54, 1.807) is 0 Å². The Kier molecular flexibility index (Phi) is 4.29. The van der Waals surface area contributed by atoms with Crippen molar-refractivity contribution in [1.29, 1.82) is 0 Å². The van der Waals surface area contributed by atoms with Crippen molar-refractivity contribution in [2.24, 2.45) is 0 Å². The van der Waals surface area contributed by atoms with Gasteiger partial charge < -0.3 is 5.32 Å². The molecule has 1 saturated heterocycles. The molecular formula is C12H17F3N2S. The molecule has 0 radical (unpaired) electrons. The molecule has 2 rings (SSSR count). The molecule has 1 aromatic heterocycles. The highest BCUT2D eigenvalue weighted by atomic mass is 32.1. The van der Waals surface area contributed by atoms with Crippen LogP contribution in [0.15, 0.2) is 11.4 Å². The lowest BCUT2D eigenvalue weighted by Gasteiger charge is -2.35. The molecule has 1 aliphatic heterocycles. The second-order valence-electron chi connectivity index (χ2n) is 4.59. The van der Waals surface area contributed by atoms with Crippen molar-refractivity contribution in [3.05, 3.63) is 21.9 Å². The van der Waals surface area contributed by atoms with E-state index in [0.717, 1.165) is 23.5 Å². The molecule has 18 heavy (non-hydrogen) atoms. The summed E-state index contributed by atoms with van der Waals surface area (Å²) in [7, 11) is 0. The maximum absolute atomic E-state index is 12.7. The minimum Gasteiger partial charge on any atom is -0.314 e. The standard InChI is InChI=1S/C12H17F3N2S/c1-9-2-7-18-11(9)10(8-12(13,14)15)17-5-3-16-4-6-17/h2,7,10,16H,3-6,8H2,1H3/t10-/m0/s1. The first-order valence-corrected chi connectivity index (χ1v) is 6.91. The van der Waals surface area contributed by atoms with E-state index in [1.165, 1.54) is 11.3 Å². The summed E-state index contributed by atoms with van der Waals surface area (Å²) in [6.07, 6.45) is -4.87. The molecule has 1 atom stereocenters. The van der Waals surface area contributed by atoms with Gasteiger partial charge in [-0.1, -0.05) is 0 Å². The zero-order chi connectivity index (χ0) is 13.2. The van der Waals surface area contributed by atoms with Crippen LogP contribution in [0.4, 0.5) is 13.2 Å². The smallest absolute Gasteiger partial charge is 0.314 e. The first-order valence-electron chi connectivity index (χ1n) is 6.03. The highest BCUT2D eigenvalue weighted by molar-refractivity contribution is 7.10. The molecule has 6 heteroatoms. The first-order chi connectivity index (χ1) is 8.47. The molecule has 2 nitrogen and oxygen atoms in total. The molecule has 0 aromatic carbocycles. The lowest BCUT2D eigenvalue weighted by Crippen LogP contribution is -2.46. The van der Waals surface area contributed by atoms with E-state index < -0.39 is 18.6 Å². The summed E-state index contributed by atoms with van der Waals surface area (Å²) in [5.41, 5.74) is 0.966. The first kappa shape index (κ1) is 13.8. The van der Waals surface area contributed by atoms with Gasteiger partial charge in [0, 0.05) is 31.1 Å². The maximum Gasteiger partial charge on any atom is 0.390 e. The average Bonchev–Trinajstić information content (AvgIpc) is 2.72. The van der Waals surface area contributed by atoms with Crippen LogP contribution in [0.1, 0.15) is 22.9 Å². The Morgan fingerprint density at radius 3 is 2.56 bits per heavy atom. The number of piperazine rings is 1. The molecule has 2 heterocycles. The summed E-state index contributed by atoms with van der Waals surface area (Å²) >= 11 is 1.43. The number of halogens is 3. The molecule has 1 N–H and O–H groups in total. The minimum atomic E-state index is -4.12. The minimum absolute atomic E-state index is 0.521. The van der Waals surface area contributed by atoms with E-state index in [4.69, 9.17) is 0 Å². The van der Waals surface area contributed by atoms with Gasteiger partial charge >= 0.3 is 6.18 Å². The number of hydrogen-bond acceptors (Lipinski definition) is 3.